The van der Waals surface area contributed by atoms with Crippen molar-refractivity contribution >= 4 is 23.6 Å². The second kappa shape index (κ2) is 7.77. The summed E-state index contributed by atoms with van der Waals surface area (Å²) >= 11 is 1.65. The van der Waals surface area contributed by atoms with E-state index in [1.165, 1.54) is 0 Å². The molecule has 3 heterocycles. The number of amides is 1. The van der Waals surface area contributed by atoms with E-state index >= 15 is 0 Å². The fourth-order valence-electron chi connectivity index (χ4n) is 2.92. The van der Waals surface area contributed by atoms with E-state index < -0.39 is 5.97 Å². The van der Waals surface area contributed by atoms with Crippen molar-refractivity contribution in [1.82, 2.24) is 14.7 Å². The van der Waals surface area contributed by atoms with Crippen LogP contribution in [0.25, 0.3) is 0 Å². The van der Waals surface area contributed by atoms with E-state index in [2.05, 4.69) is 5.10 Å². The van der Waals surface area contributed by atoms with Gasteiger partial charge in [0.15, 0.2) is 5.76 Å². The highest BCUT2D eigenvalue weighted by atomic mass is 32.2. The lowest BCUT2D eigenvalue weighted by molar-refractivity contribution is -0.136. The normalized spacial score (nSPS) is 14.2. The second-order valence-electron chi connectivity index (χ2n) is 6.02. The first-order valence-electron chi connectivity index (χ1n) is 8.21. The Labute approximate surface area is 150 Å². The maximum Gasteiger partial charge on any atom is 0.303 e. The molecule has 0 aliphatic carbocycles. The third kappa shape index (κ3) is 4.25. The molecule has 0 spiro atoms. The molecule has 0 saturated heterocycles. The van der Waals surface area contributed by atoms with E-state index in [0.29, 0.717) is 25.3 Å². The fourth-order valence-corrected chi connectivity index (χ4v) is 3.36. The van der Waals surface area contributed by atoms with Crippen molar-refractivity contribution in [3.05, 3.63) is 41.1 Å². The van der Waals surface area contributed by atoms with Crippen molar-refractivity contribution in [3.63, 3.8) is 0 Å². The molecule has 1 aliphatic heterocycles. The number of rotatable bonds is 6. The van der Waals surface area contributed by atoms with E-state index in [1.807, 2.05) is 23.1 Å². The van der Waals surface area contributed by atoms with Gasteiger partial charge in [-0.3, -0.25) is 14.3 Å². The Morgan fingerprint density at radius 1 is 1.36 bits per heavy atom. The lowest BCUT2D eigenvalue weighted by atomic mass is 10.2. The molecule has 0 aromatic carbocycles. The predicted octanol–water partition coefficient (Wildman–Crippen LogP) is 2.40. The Bertz CT molecular complexity index is 768. The van der Waals surface area contributed by atoms with Gasteiger partial charge in [-0.2, -0.15) is 16.9 Å². The molecule has 0 unspecified atom stereocenters. The molecule has 1 aliphatic rings. The highest BCUT2D eigenvalue weighted by molar-refractivity contribution is 7.97. The molecule has 0 fully saturated rings. The van der Waals surface area contributed by atoms with Crippen LogP contribution in [0.2, 0.25) is 0 Å². The molecule has 2 aromatic rings. The third-order valence-corrected chi connectivity index (χ3v) is 4.68. The molecule has 0 atom stereocenters. The van der Waals surface area contributed by atoms with Gasteiger partial charge in [-0.1, -0.05) is 0 Å². The van der Waals surface area contributed by atoms with Crippen LogP contribution in [-0.2, 0) is 30.1 Å². The fraction of sp³-hybridized carbons (Fsp3) is 0.471. The van der Waals surface area contributed by atoms with Gasteiger partial charge in [0, 0.05) is 19.5 Å². The first-order chi connectivity index (χ1) is 12.1. The maximum absolute atomic E-state index is 12.7. The Hall–Kier alpha value is -2.22. The van der Waals surface area contributed by atoms with Gasteiger partial charge >= 0.3 is 5.97 Å². The summed E-state index contributed by atoms with van der Waals surface area (Å²) < 4.78 is 7.52. The predicted molar refractivity (Wildman–Crippen MR) is 93.5 cm³/mol. The lowest BCUT2D eigenvalue weighted by Crippen LogP contribution is -2.30. The zero-order valence-corrected chi connectivity index (χ0v) is 14.9. The number of carbonyl (C=O) groups is 2. The molecule has 0 saturated carbocycles. The Balaban J connectivity index is 1.71. The van der Waals surface area contributed by atoms with E-state index in [0.717, 1.165) is 35.9 Å². The van der Waals surface area contributed by atoms with Crippen molar-refractivity contribution in [1.29, 1.82) is 0 Å². The smallest absolute Gasteiger partial charge is 0.303 e. The van der Waals surface area contributed by atoms with Gasteiger partial charge in [0.05, 0.1) is 30.1 Å². The molecule has 1 N–H and O–H groups in total. The average Bonchev–Trinajstić information content (AvgIpc) is 3.15. The number of carboxylic acid groups (broad SMARTS) is 1. The van der Waals surface area contributed by atoms with Gasteiger partial charge in [0.1, 0.15) is 5.76 Å². The van der Waals surface area contributed by atoms with Crippen LogP contribution < -0.4 is 0 Å². The summed E-state index contributed by atoms with van der Waals surface area (Å²) in [5.41, 5.74) is 1.69. The summed E-state index contributed by atoms with van der Waals surface area (Å²) in [6.07, 6.45) is 3.25. The van der Waals surface area contributed by atoms with Gasteiger partial charge in [-0.15, -0.1) is 0 Å². The number of hydrogen-bond donors (Lipinski definition) is 1. The molecule has 7 nitrogen and oxygen atoms in total. The Morgan fingerprint density at radius 3 is 2.96 bits per heavy atom. The van der Waals surface area contributed by atoms with Crippen LogP contribution in [0.3, 0.4) is 0 Å². The Morgan fingerprint density at radius 2 is 2.20 bits per heavy atom. The summed E-state index contributed by atoms with van der Waals surface area (Å²) in [5.74, 6) is 0.954. The minimum Gasteiger partial charge on any atom is -0.481 e. The molecule has 0 radical (unpaired) electrons. The minimum absolute atomic E-state index is 0.0592. The third-order valence-electron chi connectivity index (χ3n) is 4.11. The van der Waals surface area contributed by atoms with Gasteiger partial charge in [-0.25, -0.2) is 0 Å². The first kappa shape index (κ1) is 17.6. The van der Waals surface area contributed by atoms with Gasteiger partial charge in [0.25, 0.3) is 5.91 Å². The molecule has 1 amide bonds. The number of hydrogen-bond acceptors (Lipinski definition) is 5. The topological polar surface area (TPSA) is 88.6 Å². The summed E-state index contributed by atoms with van der Waals surface area (Å²) in [5, 5.41) is 13.3. The quantitative estimate of drug-likeness (QED) is 0.848. The van der Waals surface area contributed by atoms with Crippen molar-refractivity contribution in [2.75, 3.05) is 12.8 Å². The molecule has 134 valence electrons. The van der Waals surface area contributed by atoms with Crippen molar-refractivity contribution in [2.24, 2.45) is 0 Å². The standard InChI is InChI=1S/C17H21N3O4S/c1-25-11-14-4-5-15(24-14)17(23)19-7-2-8-20-13(10-19)9-12(18-20)3-6-16(21)22/h4-5,9H,2-3,6-8,10-11H2,1H3,(H,21,22). The van der Waals surface area contributed by atoms with Crippen LogP contribution in [0.4, 0.5) is 0 Å². The number of aromatic nitrogens is 2. The van der Waals surface area contributed by atoms with Gasteiger partial charge in [0.2, 0.25) is 0 Å². The van der Waals surface area contributed by atoms with Crippen LogP contribution in [-0.4, -0.2) is 44.5 Å². The number of thioether (sulfide) groups is 1. The summed E-state index contributed by atoms with van der Waals surface area (Å²) in [6, 6.07) is 5.47. The zero-order valence-electron chi connectivity index (χ0n) is 14.1. The van der Waals surface area contributed by atoms with Crippen LogP contribution >= 0.6 is 11.8 Å². The SMILES string of the molecule is CSCc1ccc(C(=O)N2CCCn3nc(CCC(=O)O)cc3C2)o1. The molecular formula is C17H21N3O4S. The summed E-state index contributed by atoms with van der Waals surface area (Å²) in [6.45, 7) is 1.82. The molecule has 3 rings (SSSR count). The van der Waals surface area contributed by atoms with Gasteiger partial charge in [-0.05, 0) is 30.9 Å². The van der Waals surface area contributed by atoms with Gasteiger partial charge < -0.3 is 14.4 Å². The van der Waals surface area contributed by atoms with Crippen LogP contribution in [0.1, 0.15) is 40.5 Å². The minimum atomic E-state index is -0.834. The summed E-state index contributed by atoms with van der Waals surface area (Å²) in [4.78, 5) is 25.2. The number of fused-ring (bicyclic) bond motifs is 1. The molecule has 2 aromatic heterocycles. The highest BCUT2D eigenvalue weighted by Crippen LogP contribution is 2.19. The number of furan rings is 1. The zero-order chi connectivity index (χ0) is 17.8. The largest absolute Gasteiger partial charge is 0.481 e. The number of aliphatic carboxylic acids is 1. The van der Waals surface area contributed by atoms with Crippen molar-refractivity contribution in [3.8, 4) is 0 Å². The van der Waals surface area contributed by atoms with E-state index in [9.17, 15) is 9.59 Å². The summed E-state index contributed by atoms with van der Waals surface area (Å²) in [7, 11) is 0. The number of aryl methyl sites for hydroxylation is 2. The van der Waals surface area contributed by atoms with Crippen LogP contribution in [0.5, 0.6) is 0 Å². The first-order valence-corrected chi connectivity index (χ1v) is 9.60. The average molecular weight is 363 g/mol. The molecule has 8 heteroatoms. The number of carbonyl (C=O) groups excluding carboxylic acids is 1. The second-order valence-corrected chi connectivity index (χ2v) is 6.89. The van der Waals surface area contributed by atoms with E-state index in [1.54, 1.807) is 22.7 Å². The van der Waals surface area contributed by atoms with Crippen LogP contribution in [0, 0.1) is 0 Å². The monoisotopic (exact) mass is 363 g/mol. The molecular weight excluding hydrogens is 342 g/mol. The lowest BCUT2D eigenvalue weighted by Gasteiger charge is -2.18. The van der Waals surface area contributed by atoms with E-state index in [-0.39, 0.29) is 12.3 Å². The number of carboxylic acids is 1. The van der Waals surface area contributed by atoms with Crippen molar-refractivity contribution < 1.29 is 19.1 Å². The van der Waals surface area contributed by atoms with Crippen LogP contribution in [0.15, 0.2) is 22.6 Å². The van der Waals surface area contributed by atoms with Crippen molar-refractivity contribution in [2.45, 2.75) is 38.1 Å². The molecule has 0 bridgehead atoms. The Kier molecular flexibility index (Phi) is 5.47. The maximum atomic E-state index is 12.7. The highest BCUT2D eigenvalue weighted by Gasteiger charge is 2.24. The van der Waals surface area contributed by atoms with E-state index in [4.69, 9.17) is 9.52 Å². The molecule has 25 heavy (non-hydrogen) atoms. The number of nitrogens with zero attached hydrogens (tertiary/aromatic N) is 3.